The number of anilines is 2. The van der Waals surface area contributed by atoms with Gasteiger partial charge in [-0.1, -0.05) is 18.4 Å². The fourth-order valence-corrected chi connectivity index (χ4v) is 8.10. The summed E-state index contributed by atoms with van der Waals surface area (Å²) in [4.78, 5) is 17.1. The second kappa shape index (κ2) is 10.4. The fourth-order valence-electron chi connectivity index (χ4n) is 8.10. The molecule has 46 heavy (non-hydrogen) atoms. The van der Waals surface area contributed by atoms with E-state index in [2.05, 4.69) is 25.8 Å². The number of pyridine rings is 1. The summed E-state index contributed by atoms with van der Waals surface area (Å²) in [6.07, 6.45) is 9.63. The average molecular weight is 635 g/mol. The number of hydrogen-bond acceptors (Lipinski definition) is 7. The van der Waals surface area contributed by atoms with Gasteiger partial charge in [-0.2, -0.15) is 9.97 Å². The summed E-state index contributed by atoms with van der Waals surface area (Å²) < 4.78 is 82.2. The number of nitrogens with two attached hydrogens (primary N) is 1. The molecule has 3 unspecified atom stereocenters. The summed E-state index contributed by atoms with van der Waals surface area (Å²) >= 11 is 0. The summed E-state index contributed by atoms with van der Waals surface area (Å²) in [5, 5.41) is 0.884. The molecular formula is C34H31F5N6O. The Morgan fingerprint density at radius 1 is 1.11 bits per heavy atom. The molecule has 2 N–H and O–H groups in total. The highest BCUT2D eigenvalue weighted by Crippen LogP contribution is 2.57. The Hall–Kier alpha value is -4.24. The van der Waals surface area contributed by atoms with Crippen molar-refractivity contribution >= 4 is 33.2 Å². The van der Waals surface area contributed by atoms with E-state index in [0.29, 0.717) is 37.6 Å². The van der Waals surface area contributed by atoms with Gasteiger partial charge in [-0.05, 0) is 55.8 Å². The van der Waals surface area contributed by atoms with Gasteiger partial charge in [0.25, 0.3) is 5.92 Å². The van der Waals surface area contributed by atoms with Crippen molar-refractivity contribution in [3.63, 3.8) is 0 Å². The highest BCUT2D eigenvalue weighted by molar-refractivity contribution is 6.03. The molecule has 0 spiro atoms. The molecule has 3 aliphatic heterocycles. The van der Waals surface area contributed by atoms with Gasteiger partial charge in [0.15, 0.2) is 5.82 Å². The van der Waals surface area contributed by atoms with Crippen LogP contribution in [0.5, 0.6) is 6.01 Å². The van der Waals surface area contributed by atoms with Crippen LogP contribution in [0, 0.1) is 29.9 Å². The van der Waals surface area contributed by atoms with E-state index in [1.165, 1.54) is 29.3 Å². The van der Waals surface area contributed by atoms with E-state index in [1.807, 2.05) is 0 Å². The molecular weight excluding hydrogens is 603 g/mol. The number of nitrogen functional groups attached to an aromatic ring is 1. The van der Waals surface area contributed by atoms with E-state index in [4.69, 9.17) is 16.9 Å². The molecule has 0 radical (unpaired) electrons. The van der Waals surface area contributed by atoms with Gasteiger partial charge in [0.1, 0.15) is 41.7 Å². The van der Waals surface area contributed by atoms with Crippen molar-refractivity contribution < 1.29 is 26.7 Å². The summed E-state index contributed by atoms with van der Waals surface area (Å²) in [6.45, 7) is 1.43. The first-order chi connectivity index (χ1) is 22.1. The highest BCUT2D eigenvalue weighted by atomic mass is 19.3. The van der Waals surface area contributed by atoms with Crippen molar-refractivity contribution in [1.82, 2.24) is 19.9 Å². The molecule has 1 aliphatic carbocycles. The van der Waals surface area contributed by atoms with Crippen molar-refractivity contribution in [3.05, 3.63) is 47.7 Å². The smallest absolute Gasteiger partial charge is 0.319 e. The van der Waals surface area contributed by atoms with Crippen molar-refractivity contribution in [1.29, 1.82) is 0 Å². The van der Waals surface area contributed by atoms with Crippen molar-refractivity contribution in [2.75, 3.05) is 36.9 Å². The molecule has 4 aliphatic rings. The Bertz CT molecular complexity index is 1950. The molecule has 5 heterocycles. The normalized spacial score (nSPS) is 27.0. The van der Waals surface area contributed by atoms with Gasteiger partial charge < -0.3 is 15.4 Å². The third-order valence-corrected chi connectivity index (χ3v) is 10.3. The highest BCUT2D eigenvalue weighted by Gasteiger charge is 2.71. The molecule has 238 valence electrons. The number of rotatable bonds is 5. The number of aromatic nitrogens is 3. The minimum Gasteiger partial charge on any atom is -0.461 e. The van der Waals surface area contributed by atoms with Crippen molar-refractivity contribution in [3.8, 4) is 29.6 Å². The molecule has 2 aromatic carbocycles. The van der Waals surface area contributed by atoms with Crippen LogP contribution in [-0.2, 0) is 0 Å². The molecule has 1 saturated carbocycles. The SMILES string of the molecule is C#Cc1c(F)ccc2cc(N)cc(-c3ncc4c(N5CCCCC6C5C6(F)F)nc(OCC56CCCN5C[C@H](F)C6)nc4c3F)c12. The first-order valence-corrected chi connectivity index (χ1v) is 15.6. The van der Waals surface area contributed by atoms with Gasteiger partial charge in [0.05, 0.1) is 22.4 Å². The van der Waals surface area contributed by atoms with Crippen LogP contribution in [0.4, 0.5) is 33.5 Å². The van der Waals surface area contributed by atoms with Gasteiger partial charge in [-0.25, -0.2) is 22.0 Å². The molecule has 12 heteroatoms. The Morgan fingerprint density at radius 2 is 1.96 bits per heavy atom. The van der Waals surface area contributed by atoms with Crippen molar-refractivity contribution in [2.24, 2.45) is 5.92 Å². The summed E-state index contributed by atoms with van der Waals surface area (Å²) in [5.41, 5.74) is 5.61. The Balaban J connectivity index is 1.30. The van der Waals surface area contributed by atoms with E-state index < -0.39 is 41.2 Å². The number of fused-ring (bicyclic) bond motifs is 4. The van der Waals surface area contributed by atoms with Crippen LogP contribution in [0.25, 0.3) is 32.9 Å². The molecule has 4 fully saturated rings. The lowest BCUT2D eigenvalue weighted by Crippen LogP contribution is -2.43. The maximum absolute atomic E-state index is 16.8. The largest absolute Gasteiger partial charge is 0.461 e. The van der Waals surface area contributed by atoms with Gasteiger partial charge in [0, 0.05) is 42.3 Å². The van der Waals surface area contributed by atoms with E-state index in [0.717, 1.165) is 19.4 Å². The maximum atomic E-state index is 16.8. The average Bonchev–Trinajstić information content (AvgIpc) is 3.28. The topological polar surface area (TPSA) is 80.4 Å². The van der Waals surface area contributed by atoms with Gasteiger partial charge in [-0.15, -0.1) is 6.42 Å². The number of ether oxygens (including phenoxy) is 1. The molecule has 2 aromatic heterocycles. The molecule has 3 saturated heterocycles. The Morgan fingerprint density at radius 3 is 2.78 bits per heavy atom. The number of halogens is 5. The number of benzene rings is 2. The standard InChI is InChI=1S/C34H31F5N6O/c1-2-21-25(36)8-7-18-12-20(40)13-22(26(18)21)28-27(37)29-23(15-41-28)31(45-11-4-3-6-24-30(45)34(24,38)39)43-32(42-29)46-17-33-9-5-10-44(33)16-19(35)14-33/h1,7-8,12-13,15,19,24,30H,3-6,9-11,14,16-17,40H2/t19-,24?,30?,33?/m1/s1. The maximum Gasteiger partial charge on any atom is 0.319 e. The Kier molecular flexibility index (Phi) is 6.59. The van der Waals surface area contributed by atoms with Gasteiger partial charge >= 0.3 is 6.01 Å². The zero-order valence-corrected chi connectivity index (χ0v) is 24.9. The molecule has 7 nitrogen and oxygen atoms in total. The second-order valence-electron chi connectivity index (χ2n) is 13.0. The predicted molar refractivity (Wildman–Crippen MR) is 165 cm³/mol. The number of nitrogens with zero attached hydrogens (tertiary/aromatic N) is 5. The van der Waals surface area contributed by atoms with Crippen LogP contribution in [0.15, 0.2) is 30.5 Å². The third-order valence-electron chi connectivity index (χ3n) is 10.3. The van der Waals surface area contributed by atoms with E-state index in [-0.39, 0.29) is 63.8 Å². The molecule has 8 rings (SSSR count). The zero-order valence-electron chi connectivity index (χ0n) is 24.9. The quantitative estimate of drug-likeness (QED) is 0.158. The lowest BCUT2D eigenvalue weighted by atomic mass is 9.95. The number of alkyl halides is 3. The van der Waals surface area contributed by atoms with Crippen LogP contribution in [-0.4, -0.2) is 69.8 Å². The predicted octanol–water partition coefficient (Wildman–Crippen LogP) is 6.27. The van der Waals surface area contributed by atoms with Crippen LogP contribution in [0.1, 0.15) is 44.1 Å². The molecule has 4 atom stereocenters. The van der Waals surface area contributed by atoms with E-state index in [9.17, 15) is 8.78 Å². The van der Waals surface area contributed by atoms with Gasteiger partial charge in [-0.3, -0.25) is 9.88 Å². The summed E-state index contributed by atoms with van der Waals surface area (Å²) in [5.74, 6) is -2.83. The lowest BCUT2D eigenvalue weighted by molar-refractivity contribution is 0.0887. The zero-order chi connectivity index (χ0) is 32.0. The molecule has 0 amide bonds. The van der Waals surface area contributed by atoms with Crippen molar-refractivity contribution in [2.45, 2.75) is 62.2 Å². The summed E-state index contributed by atoms with van der Waals surface area (Å²) in [7, 11) is 0. The van der Waals surface area contributed by atoms with Gasteiger partial charge in [0.2, 0.25) is 0 Å². The minimum atomic E-state index is -2.91. The summed E-state index contributed by atoms with van der Waals surface area (Å²) in [6, 6.07) is 4.50. The third kappa shape index (κ3) is 4.38. The molecule has 4 aromatic rings. The monoisotopic (exact) mass is 634 g/mol. The number of terminal acetylenes is 1. The first-order valence-electron chi connectivity index (χ1n) is 15.6. The second-order valence-corrected chi connectivity index (χ2v) is 13.0. The first kappa shape index (κ1) is 29.2. The van der Waals surface area contributed by atoms with E-state index >= 15 is 13.2 Å². The van der Waals surface area contributed by atoms with Crippen LogP contribution >= 0.6 is 0 Å². The Labute approximate surface area is 261 Å². The minimum absolute atomic E-state index is 0.0733. The number of hydrogen-bond donors (Lipinski definition) is 1. The fraction of sp³-hybridized carbons (Fsp3) is 0.441. The van der Waals surface area contributed by atoms with Crippen LogP contribution in [0.2, 0.25) is 0 Å². The van der Waals surface area contributed by atoms with E-state index in [1.54, 1.807) is 6.07 Å². The van der Waals surface area contributed by atoms with Crippen LogP contribution < -0.4 is 15.4 Å². The van der Waals surface area contributed by atoms with Crippen LogP contribution in [0.3, 0.4) is 0 Å². The molecule has 0 bridgehead atoms. The lowest BCUT2D eigenvalue weighted by Gasteiger charge is -2.31.